The second-order valence-corrected chi connectivity index (χ2v) is 14.6. The lowest BCUT2D eigenvalue weighted by molar-refractivity contribution is -0.135. The van der Waals surface area contributed by atoms with Crippen molar-refractivity contribution in [1.82, 2.24) is 0 Å². The first-order valence-electron chi connectivity index (χ1n) is 21.6. The van der Waals surface area contributed by atoms with E-state index in [1.807, 2.05) is 24.3 Å². The molecule has 0 heterocycles. The van der Waals surface area contributed by atoms with Crippen LogP contribution in [0.2, 0.25) is 0 Å². The molecule has 0 aliphatic heterocycles. The van der Waals surface area contributed by atoms with E-state index in [-0.39, 0.29) is 17.7 Å². The Balaban J connectivity index is 1.73. The van der Waals surface area contributed by atoms with Crippen molar-refractivity contribution in [2.24, 2.45) is 0 Å². The maximum Gasteiger partial charge on any atom is 0.311 e. The molecule has 5 heteroatoms. The predicted octanol–water partition coefficient (Wildman–Crippen LogP) is 15.0. The number of esters is 2. The minimum Gasteiger partial charge on any atom is -0.508 e. The SMILES string of the molecule is CCCCC/C=C\C/C=C\CCCCCCCC(=O)Oc1cc(C=Cc2ccc(O)cc2)cc(OC(=O)CCCCCCC/C=C\C/C=C\CCCCC)c1. The summed E-state index contributed by atoms with van der Waals surface area (Å²) in [7, 11) is 0. The van der Waals surface area contributed by atoms with Gasteiger partial charge in [-0.1, -0.05) is 151 Å². The van der Waals surface area contributed by atoms with Crippen LogP contribution in [0.4, 0.5) is 0 Å². The second kappa shape index (κ2) is 33.2. The third-order valence-electron chi connectivity index (χ3n) is 9.39. The summed E-state index contributed by atoms with van der Waals surface area (Å²) in [6, 6.07) is 12.1. The van der Waals surface area contributed by atoms with E-state index in [2.05, 4.69) is 62.5 Å². The van der Waals surface area contributed by atoms with E-state index in [1.165, 1.54) is 64.2 Å². The Bertz CT molecular complexity index is 1350. The number of benzene rings is 2. The molecule has 0 unspecified atom stereocenters. The number of hydrogen-bond acceptors (Lipinski definition) is 5. The lowest BCUT2D eigenvalue weighted by atomic mass is 10.1. The second-order valence-electron chi connectivity index (χ2n) is 14.6. The predicted molar refractivity (Wildman–Crippen MR) is 233 cm³/mol. The number of carbonyl (C=O) groups is 2. The van der Waals surface area contributed by atoms with Crippen LogP contribution in [-0.4, -0.2) is 17.0 Å². The molecule has 55 heavy (non-hydrogen) atoms. The lowest BCUT2D eigenvalue weighted by Crippen LogP contribution is -2.10. The molecule has 5 nitrogen and oxygen atoms in total. The molecule has 2 rings (SSSR count). The van der Waals surface area contributed by atoms with Gasteiger partial charge in [-0.2, -0.15) is 0 Å². The molecule has 0 bridgehead atoms. The Labute approximate surface area is 334 Å². The fourth-order valence-electron chi connectivity index (χ4n) is 6.11. The Morgan fingerprint density at radius 3 is 1.29 bits per heavy atom. The molecule has 0 aliphatic carbocycles. The number of carbonyl (C=O) groups excluding carboxylic acids is 2. The van der Waals surface area contributed by atoms with Crippen LogP contribution < -0.4 is 9.47 Å². The molecule has 0 aliphatic rings. The zero-order chi connectivity index (χ0) is 39.4. The molecule has 2 aromatic rings. The van der Waals surface area contributed by atoms with Crippen LogP contribution >= 0.6 is 0 Å². The van der Waals surface area contributed by atoms with Crippen molar-refractivity contribution in [2.45, 2.75) is 168 Å². The van der Waals surface area contributed by atoms with Crippen molar-refractivity contribution in [2.75, 3.05) is 0 Å². The molecule has 0 radical (unpaired) electrons. The Kier molecular flexibility index (Phi) is 28.4. The third-order valence-corrected chi connectivity index (χ3v) is 9.39. The summed E-state index contributed by atoms with van der Waals surface area (Å²) in [4.78, 5) is 25.6. The van der Waals surface area contributed by atoms with Crippen LogP contribution in [0.5, 0.6) is 17.2 Å². The molecule has 2 aromatic carbocycles. The largest absolute Gasteiger partial charge is 0.508 e. The number of phenols is 1. The van der Waals surface area contributed by atoms with Crippen LogP contribution in [-0.2, 0) is 9.59 Å². The summed E-state index contributed by atoms with van der Waals surface area (Å²) < 4.78 is 11.5. The van der Waals surface area contributed by atoms with E-state index in [9.17, 15) is 14.7 Å². The smallest absolute Gasteiger partial charge is 0.311 e. The van der Waals surface area contributed by atoms with Crippen LogP contribution in [0.1, 0.15) is 179 Å². The van der Waals surface area contributed by atoms with Gasteiger partial charge < -0.3 is 14.6 Å². The first-order valence-corrected chi connectivity index (χ1v) is 21.6. The number of phenolic OH excluding ortho intramolecular Hbond substituents is 1. The van der Waals surface area contributed by atoms with Crippen LogP contribution in [0, 0.1) is 0 Å². The minimum absolute atomic E-state index is 0.202. The van der Waals surface area contributed by atoms with Gasteiger partial charge in [0.2, 0.25) is 0 Å². The lowest BCUT2D eigenvalue weighted by Gasteiger charge is -2.10. The van der Waals surface area contributed by atoms with Crippen molar-refractivity contribution in [3.63, 3.8) is 0 Å². The molecular weight excluding hydrogens is 681 g/mol. The fourth-order valence-corrected chi connectivity index (χ4v) is 6.11. The monoisotopic (exact) mass is 753 g/mol. The highest BCUT2D eigenvalue weighted by Crippen LogP contribution is 2.26. The van der Waals surface area contributed by atoms with Gasteiger partial charge in [-0.3, -0.25) is 9.59 Å². The number of aromatic hydroxyl groups is 1. The van der Waals surface area contributed by atoms with Gasteiger partial charge >= 0.3 is 11.9 Å². The van der Waals surface area contributed by atoms with E-state index >= 15 is 0 Å². The number of hydrogen-bond donors (Lipinski definition) is 1. The van der Waals surface area contributed by atoms with Crippen LogP contribution in [0.25, 0.3) is 12.2 Å². The molecule has 0 saturated carbocycles. The van der Waals surface area contributed by atoms with Gasteiger partial charge in [-0.05, 0) is 112 Å². The quantitative estimate of drug-likeness (QED) is 0.0265. The number of rotatable bonds is 32. The average molecular weight is 753 g/mol. The van der Waals surface area contributed by atoms with E-state index in [1.54, 1.807) is 30.3 Å². The van der Waals surface area contributed by atoms with E-state index in [0.29, 0.717) is 24.3 Å². The Morgan fingerprint density at radius 1 is 0.473 bits per heavy atom. The van der Waals surface area contributed by atoms with Crippen molar-refractivity contribution in [3.8, 4) is 17.2 Å². The van der Waals surface area contributed by atoms with E-state index in [0.717, 1.165) is 88.2 Å². The highest BCUT2D eigenvalue weighted by Gasteiger charge is 2.11. The summed E-state index contributed by atoms with van der Waals surface area (Å²) >= 11 is 0. The number of unbranched alkanes of at least 4 members (excludes halogenated alkanes) is 16. The van der Waals surface area contributed by atoms with Crippen molar-refractivity contribution in [3.05, 3.63) is 102 Å². The summed E-state index contributed by atoms with van der Waals surface area (Å²) in [5.41, 5.74) is 1.65. The fraction of sp³-hybridized carbons (Fsp3) is 0.520. The summed E-state index contributed by atoms with van der Waals surface area (Å²) in [5, 5.41) is 9.62. The molecule has 0 atom stereocenters. The molecule has 0 aromatic heterocycles. The first-order chi connectivity index (χ1) is 27.0. The normalized spacial score (nSPS) is 12.0. The molecule has 0 spiro atoms. The maximum absolute atomic E-state index is 12.8. The van der Waals surface area contributed by atoms with Crippen LogP contribution in [0.3, 0.4) is 0 Å². The highest BCUT2D eigenvalue weighted by molar-refractivity contribution is 5.76. The van der Waals surface area contributed by atoms with Crippen molar-refractivity contribution < 1.29 is 24.2 Å². The molecule has 0 amide bonds. The van der Waals surface area contributed by atoms with Gasteiger partial charge in [0.15, 0.2) is 0 Å². The molecule has 302 valence electrons. The number of allylic oxidation sites excluding steroid dienone is 8. The Hall–Kier alpha value is -4.12. The third kappa shape index (κ3) is 27.2. The van der Waals surface area contributed by atoms with Crippen molar-refractivity contribution >= 4 is 24.1 Å². The summed E-state index contributed by atoms with van der Waals surface area (Å²) in [5.74, 6) is 0.356. The van der Waals surface area contributed by atoms with Gasteiger partial charge in [0.1, 0.15) is 17.2 Å². The standard InChI is InChI=1S/C50H72O5/c1-3-5-7-9-11-13-15-17-19-21-23-25-27-29-31-33-49(52)54-47-41-45(36-35-44-37-39-46(51)40-38-44)42-48(43-47)55-50(53)34-32-30-28-26-24-22-20-18-16-14-12-10-8-6-4-2/h11-14,17-20,35-43,51H,3-10,15-16,21-34H2,1-2H3/b13-11-,14-12-,19-17-,20-18-,36-35?. The molecule has 0 saturated heterocycles. The average Bonchev–Trinajstić information content (AvgIpc) is 3.17. The zero-order valence-corrected chi connectivity index (χ0v) is 34.4. The van der Waals surface area contributed by atoms with Crippen molar-refractivity contribution in [1.29, 1.82) is 0 Å². The highest BCUT2D eigenvalue weighted by atomic mass is 16.5. The zero-order valence-electron chi connectivity index (χ0n) is 34.4. The van der Waals surface area contributed by atoms with Gasteiger partial charge in [0.05, 0.1) is 0 Å². The summed E-state index contributed by atoms with van der Waals surface area (Å²) in [6.45, 7) is 4.47. The number of ether oxygens (including phenoxy) is 2. The van der Waals surface area contributed by atoms with E-state index < -0.39 is 0 Å². The first kappa shape index (κ1) is 47.0. The van der Waals surface area contributed by atoms with Crippen LogP contribution in [0.15, 0.2) is 91.1 Å². The summed E-state index contributed by atoms with van der Waals surface area (Å²) in [6.07, 6.45) is 47.5. The minimum atomic E-state index is -0.284. The van der Waals surface area contributed by atoms with Gasteiger partial charge in [0, 0.05) is 18.9 Å². The Morgan fingerprint density at radius 2 is 0.855 bits per heavy atom. The van der Waals surface area contributed by atoms with E-state index in [4.69, 9.17) is 9.47 Å². The topological polar surface area (TPSA) is 72.8 Å². The van der Waals surface area contributed by atoms with Gasteiger partial charge in [0.25, 0.3) is 0 Å². The maximum atomic E-state index is 12.8. The van der Waals surface area contributed by atoms with Gasteiger partial charge in [-0.25, -0.2) is 0 Å². The molecule has 0 fully saturated rings. The molecular formula is C50H72O5. The molecule has 1 N–H and O–H groups in total. The van der Waals surface area contributed by atoms with Gasteiger partial charge in [-0.15, -0.1) is 0 Å².